The Labute approximate surface area is 94.6 Å². The molecule has 0 aliphatic carbocycles. The molecule has 0 saturated carbocycles. The third-order valence-corrected chi connectivity index (χ3v) is 2.13. The van der Waals surface area contributed by atoms with Gasteiger partial charge in [0.1, 0.15) is 6.04 Å². The number of hydrogen-bond acceptors (Lipinski definition) is 3. The molecule has 0 radical (unpaired) electrons. The Bertz CT molecular complexity index is 278. The maximum atomic E-state index is 11.4. The van der Waals surface area contributed by atoms with Crippen molar-refractivity contribution in [1.82, 2.24) is 10.2 Å². The largest absolute Gasteiger partial charge is 0.480 e. The number of carboxylic acids is 1. The van der Waals surface area contributed by atoms with Gasteiger partial charge in [-0.1, -0.05) is 13.3 Å². The predicted octanol–water partition coefficient (Wildman–Crippen LogP) is -0.166. The van der Waals surface area contributed by atoms with Crippen molar-refractivity contribution in [2.24, 2.45) is 0 Å². The zero-order chi connectivity index (χ0) is 12.7. The van der Waals surface area contributed by atoms with E-state index in [1.807, 2.05) is 6.92 Å². The Morgan fingerprint density at radius 2 is 1.94 bits per heavy atom. The second kappa shape index (κ2) is 6.81. The van der Waals surface area contributed by atoms with Crippen molar-refractivity contribution in [2.75, 3.05) is 13.6 Å². The lowest BCUT2D eigenvalue weighted by Gasteiger charge is -2.17. The van der Waals surface area contributed by atoms with Crippen LogP contribution in [0.4, 0.5) is 0 Å². The molecule has 0 aromatic heterocycles. The lowest BCUT2D eigenvalue weighted by molar-refractivity contribution is -0.142. The van der Waals surface area contributed by atoms with Gasteiger partial charge < -0.3 is 15.3 Å². The molecule has 0 spiro atoms. The second-order valence-corrected chi connectivity index (χ2v) is 3.62. The van der Waals surface area contributed by atoms with Crippen molar-refractivity contribution in [3.05, 3.63) is 0 Å². The minimum atomic E-state index is -1.05. The van der Waals surface area contributed by atoms with Gasteiger partial charge in [0, 0.05) is 14.0 Å². The fourth-order valence-electron chi connectivity index (χ4n) is 1.11. The first-order valence-corrected chi connectivity index (χ1v) is 5.12. The molecule has 0 aromatic carbocycles. The van der Waals surface area contributed by atoms with Gasteiger partial charge in [0.25, 0.3) is 0 Å². The highest BCUT2D eigenvalue weighted by Gasteiger charge is 2.19. The molecular weight excluding hydrogens is 212 g/mol. The fourth-order valence-corrected chi connectivity index (χ4v) is 1.11. The summed E-state index contributed by atoms with van der Waals surface area (Å²) in [7, 11) is 1.48. The lowest BCUT2D eigenvalue weighted by Crippen LogP contribution is -2.45. The Kier molecular flexibility index (Phi) is 6.14. The van der Waals surface area contributed by atoms with Gasteiger partial charge in [0.2, 0.25) is 11.8 Å². The van der Waals surface area contributed by atoms with Gasteiger partial charge in [0.05, 0.1) is 6.54 Å². The minimum Gasteiger partial charge on any atom is -0.480 e. The van der Waals surface area contributed by atoms with Crippen LogP contribution in [0.15, 0.2) is 0 Å². The molecule has 0 aliphatic heterocycles. The van der Waals surface area contributed by atoms with E-state index in [0.29, 0.717) is 12.8 Å². The van der Waals surface area contributed by atoms with Gasteiger partial charge >= 0.3 is 5.97 Å². The van der Waals surface area contributed by atoms with E-state index >= 15 is 0 Å². The topological polar surface area (TPSA) is 86.7 Å². The molecule has 0 aliphatic rings. The third kappa shape index (κ3) is 5.33. The number of nitrogens with one attached hydrogen (secondary N) is 1. The molecular formula is C10H18N2O4. The van der Waals surface area contributed by atoms with E-state index in [9.17, 15) is 14.4 Å². The number of hydrogen-bond donors (Lipinski definition) is 2. The first-order valence-electron chi connectivity index (χ1n) is 5.12. The molecule has 0 aromatic rings. The average Bonchev–Trinajstić information content (AvgIpc) is 2.16. The van der Waals surface area contributed by atoms with Crippen LogP contribution in [0.3, 0.4) is 0 Å². The summed E-state index contributed by atoms with van der Waals surface area (Å²) in [5.74, 6) is -1.75. The van der Waals surface area contributed by atoms with Crippen molar-refractivity contribution in [2.45, 2.75) is 32.7 Å². The molecule has 2 N–H and O–H groups in total. The lowest BCUT2D eigenvalue weighted by atomic mass is 10.1. The number of carbonyl (C=O) groups excluding carboxylic acids is 2. The van der Waals surface area contributed by atoms with Crippen LogP contribution in [0.2, 0.25) is 0 Å². The van der Waals surface area contributed by atoms with Gasteiger partial charge in [-0.05, 0) is 6.42 Å². The maximum absolute atomic E-state index is 11.4. The summed E-state index contributed by atoms with van der Waals surface area (Å²) in [6.45, 7) is 3.06. The number of rotatable bonds is 6. The van der Waals surface area contributed by atoms with E-state index in [1.165, 1.54) is 18.9 Å². The van der Waals surface area contributed by atoms with Crippen molar-refractivity contribution in [3.63, 3.8) is 0 Å². The number of carboxylic acid groups (broad SMARTS) is 1. The SMILES string of the molecule is CCC[C@@H](NC(=O)CN(C)C(C)=O)C(=O)O. The molecule has 1 atom stereocenters. The normalized spacial score (nSPS) is 11.7. The van der Waals surface area contributed by atoms with Gasteiger partial charge in [0.15, 0.2) is 0 Å². The molecule has 0 heterocycles. The Balaban J connectivity index is 4.19. The van der Waals surface area contributed by atoms with Crippen LogP contribution in [0.25, 0.3) is 0 Å². The molecule has 6 heteroatoms. The van der Waals surface area contributed by atoms with Crippen molar-refractivity contribution in [3.8, 4) is 0 Å². The summed E-state index contributed by atoms with van der Waals surface area (Å²) in [6.07, 6.45) is 1.05. The summed E-state index contributed by atoms with van der Waals surface area (Å²) < 4.78 is 0. The summed E-state index contributed by atoms with van der Waals surface area (Å²) >= 11 is 0. The standard InChI is InChI=1S/C10H18N2O4/c1-4-5-8(10(15)16)11-9(14)6-12(3)7(2)13/h8H,4-6H2,1-3H3,(H,11,14)(H,15,16)/t8-/m1/s1. The van der Waals surface area contributed by atoms with E-state index < -0.39 is 17.9 Å². The van der Waals surface area contributed by atoms with Crippen molar-refractivity contribution < 1.29 is 19.5 Å². The Morgan fingerprint density at radius 3 is 2.31 bits per heavy atom. The molecule has 0 bridgehead atoms. The average molecular weight is 230 g/mol. The molecule has 6 nitrogen and oxygen atoms in total. The van der Waals surface area contributed by atoms with Crippen LogP contribution >= 0.6 is 0 Å². The van der Waals surface area contributed by atoms with Gasteiger partial charge in [-0.2, -0.15) is 0 Å². The second-order valence-electron chi connectivity index (χ2n) is 3.62. The highest BCUT2D eigenvalue weighted by molar-refractivity contribution is 5.87. The van der Waals surface area contributed by atoms with Crippen LogP contribution in [-0.4, -0.2) is 47.4 Å². The van der Waals surface area contributed by atoms with E-state index in [1.54, 1.807) is 0 Å². The quantitative estimate of drug-likeness (QED) is 0.663. The van der Waals surface area contributed by atoms with Gasteiger partial charge in [-0.25, -0.2) is 4.79 Å². The Morgan fingerprint density at radius 1 is 1.38 bits per heavy atom. The molecule has 0 rings (SSSR count). The van der Waals surface area contributed by atoms with Crippen LogP contribution in [0.1, 0.15) is 26.7 Å². The molecule has 16 heavy (non-hydrogen) atoms. The number of aliphatic carboxylic acids is 1. The molecule has 0 fully saturated rings. The number of likely N-dealkylation sites (N-methyl/N-ethyl adjacent to an activating group) is 1. The van der Waals surface area contributed by atoms with E-state index in [0.717, 1.165) is 0 Å². The monoisotopic (exact) mass is 230 g/mol. The zero-order valence-electron chi connectivity index (χ0n) is 9.82. The van der Waals surface area contributed by atoms with E-state index in [-0.39, 0.29) is 12.5 Å². The van der Waals surface area contributed by atoms with E-state index in [2.05, 4.69) is 5.32 Å². The first kappa shape index (κ1) is 14.4. The molecule has 2 amide bonds. The van der Waals surface area contributed by atoms with Crippen LogP contribution in [0, 0.1) is 0 Å². The minimum absolute atomic E-state index is 0.122. The number of amides is 2. The molecule has 0 saturated heterocycles. The van der Waals surface area contributed by atoms with Crippen LogP contribution < -0.4 is 5.32 Å². The zero-order valence-corrected chi connectivity index (χ0v) is 9.82. The number of nitrogens with zero attached hydrogens (tertiary/aromatic N) is 1. The van der Waals surface area contributed by atoms with Gasteiger partial charge in [-0.3, -0.25) is 9.59 Å². The summed E-state index contributed by atoms with van der Waals surface area (Å²) in [6, 6.07) is -0.877. The van der Waals surface area contributed by atoms with Crippen LogP contribution in [0.5, 0.6) is 0 Å². The summed E-state index contributed by atoms with van der Waals surface area (Å²) in [4.78, 5) is 34.2. The fraction of sp³-hybridized carbons (Fsp3) is 0.700. The summed E-state index contributed by atoms with van der Waals surface area (Å²) in [5.41, 5.74) is 0. The summed E-state index contributed by atoms with van der Waals surface area (Å²) in [5, 5.41) is 11.2. The van der Waals surface area contributed by atoms with Crippen LogP contribution in [-0.2, 0) is 14.4 Å². The van der Waals surface area contributed by atoms with Crippen molar-refractivity contribution in [1.29, 1.82) is 0 Å². The first-order chi connectivity index (χ1) is 7.38. The molecule has 92 valence electrons. The van der Waals surface area contributed by atoms with E-state index in [4.69, 9.17) is 5.11 Å². The Hall–Kier alpha value is -1.59. The predicted molar refractivity (Wildman–Crippen MR) is 57.8 cm³/mol. The third-order valence-electron chi connectivity index (χ3n) is 2.13. The maximum Gasteiger partial charge on any atom is 0.326 e. The highest BCUT2D eigenvalue weighted by atomic mass is 16.4. The van der Waals surface area contributed by atoms with Gasteiger partial charge in [-0.15, -0.1) is 0 Å². The molecule has 0 unspecified atom stereocenters. The number of carbonyl (C=O) groups is 3. The smallest absolute Gasteiger partial charge is 0.326 e. The van der Waals surface area contributed by atoms with Crippen molar-refractivity contribution >= 4 is 17.8 Å². The highest BCUT2D eigenvalue weighted by Crippen LogP contribution is 1.97.